The van der Waals surface area contributed by atoms with Gasteiger partial charge < -0.3 is 15.0 Å². The zero-order valence-corrected chi connectivity index (χ0v) is 17.9. The molecule has 0 bridgehead atoms. The van der Waals surface area contributed by atoms with Gasteiger partial charge >= 0.3 is 5.97 Å². The molecule has 0 spiro atoms. The summed E-state index contributed by atoms with van der Waals surface area (Å²) in [5.74, 6) is -1.16. The summed E-state index contributed by atoms with van der Waals surface area (Å²) in [5, 5.41) is 2.89. The van der Waals surface area contributed by atoms with E-state index in [0.29, 0.717) is 12.1 Å². The molecule has 32 heavy (non-hydrogen) atoms. The Morgan fingerprint density at radius 2 is 1.41 bits per heavy atom. The van der Waals surface area contributed by atoms with Crippen LogP contribution in [0.3, 0.4) is 0 Å². The Kier molecular flexibility index (Phi) is 8.15. The van der Waals surface area contributed by atoms with Gasteiger partial charge in [0.2, 0.25) is 0 Å². The van der Waals surface area contributed by atoms with Gasteiger partial charge in [0.15, 0.2) is 6.61 Å². The number of rotatable bonds is 9. The molecule has 0 aliphatic rings. The SMILES string of the molecule is CCN(C(=O)COC(=O)CC(NC(=O)c1ccccc1)c1ccccc1)c1ccccc1. The van der Waals surface area contributed by atoms with Crippen LogP contribution in [0.25, 0.3) is 0 Å². The summed E-state index contributed by atoms with van der Waals surface area (Å²) < 4.78 is 5.27. The minimum Gasteiger partial charge on any atom is -0.455 e. The molecule has 1 unspecified atom stereocenters. The van der Waals surface area contributed by atoms with Gasteiger partial charge in [-0.2, -0.15) is 0 Å². The van der Waals surface area contributed by atoms with E-state index in [9.17, 15) is 14.4 Å². The van der Waals surface area contributed by atoms with E-state index in [0.717, 1.165) is 11.3 Å². The van der Waals surface area contributed by atoms with Gasteiger partial charge in [-0.3, -0.25) is 14.4 Å². The average Bonchev–Trinajstić information content (AvgIpc) is 2.84. The fourth-order valence-electron chi connectivity index (χ4n) is 3.33. The van der Waals surface area contributed by atoms with Crippen molar-refractivity contribution in [3.05, 3.63) is 102 Å². The van der Waals surface area contributed by atoms with E-state index in [4.69, 9.17) is 4.74 Å². The van der Waals surface area contributed by atoms with Crippen LogP contribution in [0.2, 0.25) is 0 Å². The molecule has 0 radical (unpaired) electrons. The number of ether oxygens (including phenoxy) is 1. The van der Waals surface area contributed by atoms with Crippen LogP contribution in [0.4, 0.5) is 5.69 Å². The molecule has 6 heteroatoms. The zero-order chi connectivity index (χ0) is 22.8. The van der Waals surface area contributed by atoms with Crippen LogP contribution in [0.5, 0.6) is 0 Å². The van der Waals surface area contributed by atoms with E-state index in [2.05, 4.69) is 5.32 Å². The summed E-state index contributed by atoms with van der Waals surface area (Å²) in [6.45, 7) is 1.95. The predicted molar refractivity (Wildman–Crippen MR) is 123 cm³/mol. The number of hydrogen-bond acceptors (Lipinski definition) is 4. The average molecular weight is 431 g/mol. The number of amides is 2. The van der Waals surface area contributed by atoms with Gasteiger partial charge in [0.05, 0.1) is 12.5 Å². The van der Waals surface area contributed by atoms with E-state index in [-0.39, 0.29) is 24.8 Å². The summed E-state index contributed by atoms with van der Waals surface area (Å²) in [5.41, 5.74) is 2.02. The van der Waals surface area contributed by atoms with Gasteiger partial charge in [-0.05, 0) is 36.8 Å². The van der Waals surface area contributed by atoms with Crippen molar-refractivity contribution < 1.29 is 19.1 Å². The molecule has 3 aromatic carbocycles. The second-order valence-corrected chi connectivity index (χ2v) is 7.14. The maximum Gasteiger partial charge on any atom is 0.308 e. The van der Waals surface area contributed by atoms with Crippen LogP contribution in [-0.2, 0) is 14.3 Å². The molecule has 3 aromatic rings. The van der Waals surface area contributed by atoms with Crippen LogP contribution in [0.15, 0.2) is 91.0 Å². The van der Waals surface area contributed by atoms with E-state index in [1.54, 1.807) is 29.2 Å². The van der Waals surface area contributed by atoms with E-state index >= 15 is 0 Å². The number of carbonyl (C=O) groups is 3. The van der Waals surface area contributed by atoms with Crippen molar-refractivity contribution in [2.24, 2.45) is 0 Å². The Balaban J connectivity index is 1.63. The lowest BCUT2D eigenvalue weighted by atomic mass is 10.0. The zero-order valence-electron chi connectivity index (χ0n) is 17.9. The quantitative estimate of drug-likeness (QED) is 0.518. The van der Waals surface area contributed by atoms with Gasteiger partial charge in [-0.15, -0.1) is 0 Å². The molecular weight excluding hydrogens is 404 g/mol. The Bertz CT molecular complexity index is 1020. The van der Waals surface area contributed by atoms with E-state index in [1.165, 1.54) is 0 Å². The lowest BCUT2D eigenvalue weighted by Gasteiger charge is -2.22. The lowest BCUT2D eigenvalue weighted by Crippen LogP contribution is -2.35. The summed E-state index contributed by atoms with van der Waals surface area (Å²) >= 11 is 0. The topological polar surface area (TPSA) is 75.7 Å². The molecule has 0 aromatic heterocycles. The number of nitrogens with one attached hydrogen (secondary N) is 1. The van der Waals surface area contributed by atoms with Crippen LogP contribution < -0.4 is 10.2 Å². The molecule has 0 saturated heterocycles. The van der Waals surface area contributed by atoms with Gasteiger partial charge in [0.25, 0.3) is 11.8 Å². The molecular formula is C26H26N2O4. The van der Waals surface area contributed by atoms with Crippen molar-refractivity contribution in [3.63, 3.8) is 0 Å². The number of anilines is 1. The molecule has 0 fully saturated rings. The molecule has 164 valence electrons. The van der Waals surface area contributed by atoms with E-state index in [1.807, 2.05) is 73.7 Å². The van der Waals surface area contributed by atoms with Crippen molar-refractivity contribution in [1.29, 1.82) is 0 Å². The first kappa shape index (κ1) is 22.7. The van der Waals surface area contributed by atoms with Gasteiger partial charge in [0.1, 0.15) is 0 Å². The van der Waals surface area contributed by atoms with Crippen molar-refractivity contribution >= 4 is 23.5 Å². The fourth-order valence-corrected chi connectivity index (χ4v) is 3.33. The lowest BCUT2D eigenvalue weighted by molar-refractivity contribution is -0.148. The normalized spacial score (nSPS) is 11.3. The number of nitrogens with zero attached hydrogens (tertiary/aromatic N) is 1. The van der Waals surface area contributed by atoms with Crippen LogP contribution >= 0.6 is 0 Å². The first-order valence-corrected chi connectivity index (χ1v) is 10.5. The Labute approximate surface area is 187 Å². The van der Waals surface area contributed by atoms with Crippen LogP contribution in [-0.4, -0.2) is 30.9 Å². The number of carbonyl (C=O) groups excluding carboxylic acids is 3. The van der Waals surface area contributed by atoms with Crippen molar-refractivity contribution in [1.82, 2.24) is 5.32 Å². The monoisotopic (exact) mass is 430 g/mol. The second kappa shape index (κ2) is 11.5. The number of benzene rings is 3. The first-order valence-electron chi connectivity index (χ1n) is 10.5. The first-order chi connectivity index (χ1) is 15.6. The highest BCUT2D eigenvalue weighted by Gasteiger charge is 2.22. The highest BCUT2D eigenvalue weighted by molar-refractivity contribution is 5.96. The van der Waals surface area contributed by atoms with Gasteiger partial charge in [0, 0.05) is 17.8 Å². The van der Waals surface area contributed by atoms with Gasteiger partial charge in [-0.1, -0.05) is 66.7 Å². The Hall–Kier alpha value is -3.93. The van der Waals surface area contributed by atoms with Crippen LogP contribution in [0, 0.1) is 0 Å². The molecule has 1 N–H and O–H groups in total. The minimum absolute atomic E-state index is 0.0900. The largest absolute Gasteiger partial charge is 0.455 e. The van der Waals surface area contributed by atoms with E-state index < -0.39 is 12.0 Å². The number of hydrogen-bond donors (Lipinski definition) is 1. The number of likely N-dealkylation sites (N-methyl/N-ethyl adjacent to an activating group) is 1. The van der Waals surface area contributed by atoms with Crippen LogP contribution in [0.1, 0.15) is 35.3 Å². The third kappa shape index (κ3) is 6.28. The van der Waals surface area contributed by atoms with Crippen molar-refractivity contribution in [3.8, 4) is 0 Å². The third-order valence-corrected chi connectivity index (χ3v) is 4.96. The summed E-state index contributed by atoms with van der Waals surface area (Å²) in [6.07, 6.45) is -0.0900. The molecule has 0 saturated carbocycles. The molecule has 6 nitrogen and oxygen atoms in total. The molecule has 0 aliphatic heterocycles. The maximum absolute atomic E-state index is 12.6. The Morgan fingerprint density at radius 1 is 0.844 bits per heavy atom. The summed E-state index contributed by atoms with van der Waals surface area (Å²) in [6, 6.07) is 26.6. The highest BCUT2D eigenvalue weighted by atomic mass is 16.5. The fraction of sp³-hybridized carbons (Fsp3) is 0.192. The van der Waals surface area contributed by atoms with Crippen molar-refractivity contribution in [2.75, 3.05) is 18.1 Å². The minimum atomic E-state index is -0.581. The summed E-state index contributed by atoms with van der Waals surface area (Å²) in [4.78, 5) is 39.3. The number of esters is 1. The highest BCUT2D eigenvalue weighted by Crippen LogP contribution is 2.19. The standard InChI is InChI=1S/C26H26N2O4/c1-2-28(22-16-10-5-11-17-22)24(29)19-32-25(30)18-23(20-12-6-3-7-13-20)27-26(31)21-14-8-4-9-15-21/h3-17,23H,2,18-19H2,1H3,(H,27,31). The molecule has 0 aliphatic carbocycles. The second-order valence-electron chi connectivity index (χ2n) is 7.14. The predicted octanol–water partition coefficient (Wildman–Crippen LogP) is 4.14. The number of para-hydroxylation sites is 1. The third-order valence-electron chi connectivity index (χ3n) is 4.96. The summed E-state index contributed by atoms with van der Waals surface area (Å²) in [7, 11) is 0. The Morgan fingerprint density at radius 3 is 2.00 bits per heavy atom. The van der Waals surface area contributed by atoms with Crippen molar-refractivity contribution in [2.45, 2.75) is 19.4 Å². The maximum atomic E-state index is 12.6. The smallest absolute Gasteiger partial charge is 0.308 e. The molecule has 0 heterocycles. The molecule has 1 atom stereocenters. The molecule has 3 rings (SSSR count). The van der Waals surface area contributed by atoms with Gasteiger partial charge in [-0.25, -0.2) is 0 Å². The molecule has 2 amide bonds.